The maximum atomic E-state index is 14.1. The van der Waals surface area contributed by atoms with E-state index < -0.39 is 5.82 Å². The van der Waals surface area contributed by atoms with Crippen molar-refractivity contribution in [2.45, 2.75) is 32.9 Å². The molecule has 0 fully saturated rings. The highest BCUT2D eigenvalue weighted by molar-refractivity contribution is 5.85. The highest BCUT2D eigenvalue weighted by Gasteiger charge is 2.12. The summed E-state index contributed by atoms with van der Waals surface area (Å²) in [5, 5.41) is 14.4. The molecule has 1 unspecified atom stereocenters. The largest absolute Gasteiger partial charge is 0.494 e. The first kappa shape index (κ1) is 23.1. The predicted molar refractivity (Wildman–Crippen MR) is 113 cm³/mol. The molecule has 2 N–H and O–H groups in total. The van der Waals surface area contributed by atoms with E-state index in [2.05, 4.69) is 25.8 Å². The predicted octanol–water partition coefficient (Wildman–Crippen LogP) is 1.37. The van der Waals surface area contributed by atoms with Crippen molar-refractivity contribution in [1.29, 1.82) is 0 Å². The van der Waals surface area contributed by atoms with Crippen LogP contribution in [0, 0.1) is 5.82 Å². The van der Waals surface area contributed by atoms with Crippen LogP contribution in [-0.4, -0.2) is 65.8 Å². The number of nitrogens with zero attached hydrogens (tertiary/aromatic N) is 5. The number of hydrogen-bond donors (Lipinski definition) is 2. The van der Waals surface area contributed by atoms with Gasteiger partial charge in [-0.1, -0.05) is 13.0 Å². The summed E-state index contributed by atoms with van der Waals surface area (Å²) in [4.78, 5) is 17.8. The van der Waals surface area contributed by atoms with Gasteiger partial charge in [0, 0.05) is 33.6 Å². The number of ether oxygens (including phenoxy) is 1. The summed E-state index contributed by atoms with van der Waals surface area (Å²) in [6.45, 7) is 5.10. The number of carbonyl (C=O) groups is 1. The molecule has 1 amide bonds. The Morgan fingerprint density at radius 2 is 2.17 bits per heavy atom. The fourth-order valence-electron chi connectivity index (χ4n) is 2.72. The Morgan fingerprint density at radius 3 is 2.80 bits per heavy atom. The number of amides is 1. The molecule has 0 radical (unpaired) electrons. The topological polar surface area (TPSA) is 96.7 Å². The molecule has 2 aromatic rings. The first-order chi connectivity index (χ1) is 14.3. The van der Waals surface area contributed by atoms with Crippen LogP contribution in [0.1, 0.15) is 31.3 Å². The van der Waals surface area contributed by atoms with E-state index in [9.17, 15) is 9.18 Å². The number of aryl methyl sites for hydroxylation is 1. The van der Waals surface area contributed by atoms with Crippen LogP contribution in [0.4, 0.5) is 4.39 Å². The Labute approximate surface area is 176 Å². The molecule has 1 aromatic heterocycles. The molecule has 164 valence electrons. The van der Waals surface area contributed by atoms with Gasteiger partial charge in [0.2, 0.25) is 5.91 Å². The minimum absolute atomic E-state index is 0.00112. The highest BCUT2D eigenvalue weighted by Crippen LogP contribution is 2.21. The van der Waals surface area contributed by atoms with Gasteiger partial charge in [0.05, 0.1) is 13.2 Å². The average Bonchev–Trinajstić information content (AvgIpc) is 3.18. The van der Waals surface area contributed by atoms with Crippen molar-refractivity contribution >= 4 is 11.9 Å². The van der Waals surface area contributed by atoms with E-state index in [0.717, 1.165) is 17.8 Å². The number of carbonyl (C=O) groups excluding carboxylic acids is 1. The minimum Gasteiger partial charge on any atom is -0.494 e. The Balaban J connectivity index is 2.07. The Kier molecular flexibility index (Phi) is 8.57. The van der Waals surface area contributed by atoms with Gasteiger partial charge in [-0.05, 0) is 24.6 Å². The molecule has 0 aliphatic carbocycles. The Hall–Kier alpha value is -3.17. The fraction of sp³-hybridized carbons (Fsp3) is 0.500. The highest BCUT2D eigenvalue weighted by atomic mass is 19.1. The molecule has 1 heterocycles. The van der Waals surface area contributed by atoms with E-state index in [-0.39, 0.29) is 24.2 Å². The zero-order valence-corrected chi connectivity index (χ0v) is 18.1. The Morgan fingerprint density at radius 1 is 1.40 bits per heavy atom. The quantitative estimate of drug-likeness (QED) is 0.471. The summed E-state index contributed by atoms with van der Waals surface area (Å²) in [5.41, 5.74) is 0.730. The van der Waals surface area contributed by atoms with E-state index in [0.29, 0.717) is 19.0 Å². The normalized spacial score (nSPS) is 12.4. The van der Waals surface area contributed by atoms with Gasteiger partial charge in [-0.2, -0.15) is 0 Å². The van der Waals surface area contributed by atoms with Crippen molar-refractivity contribution in [3.8, 4) is 5.75 Å². The number of likely N-dealkylation sites (N-methyl/N-ethyl adjacent to an activating group) is 1. The van der Waals surface area contributed by atoms with Gasteiger partial charge in [0.25, 0.3) is 0 Å². The zero-order chi connectivity index (χ0) is 22.1. The second kappa shape index (κ2) is 11.1. The second-order valence-corrected chi connectivity index (χ2v) is 6.93. The molecule has 0 aliphatic heterocycles. The van der Waals surface area contributed by atoms with Crippen molar-refractivity contribution in [2.24, 2.45) is 4.99 Å². The number of nitrogens with one attached hydrogen (secondary N) is 2. The van der Waals surface area contributed by atoms with Gasteiger partial charge < -0.3 is 24.8 Å². The lowest BCUT2D eigenvalue weighted by atomic mass is 10.1. The van der Waals surface area contributed by atoms with Crippen molar-refractivity contribution in [3.63, 3.8) is 0 Å². The van der Waals surface area contributed by atoms with Crippen molar-refractivity contribution in [1.82, 2.24) is 30.3 Å². The number of hydrogen-bond acceptors (Lipinski definition) is 5. The second-order valence-electron chi connectivity index (χ2n) is 6.93. The number of benzene rings is 1. The monoisotopic (exact) mass is 419 g/mol. The van der Waals surface area contributed by atoms with E-state index in [1.165, 1.54) is 18.1 Å². The lowest BCUT2D eigenvalue weighted by molar-refractivity contribution is -0.127. The molecule has 30 heavy (non-hydrogen) atoms. The zero-order valence-electron chi connectivity index (χ0n) is 18.1. The van der Waals surface area contributed by atoms with Crippen LogP contribution < -0.4 is 15.4 Å². The lowest BCUT2D eigenvalue weighted by Gasteiger charge is -2.20. The first-order valence-corrected chi connectivity index (χ1v) is 9.80. The van der Waals surface area contributed by atoms with Crippen molar-refractivity contribution in [2.75, 3.05) is 34.3 Å². The number of halogens is 1. The molecule has 0 saturated heterocycles. The minimum atomic E-state index is -0.433. The molecular weight excluding hydrogens is 389 g/mol. The van der Waals surface area contributed by atoms with Gasteiger partial charge >= 0.3 is 0 Å². The van der Waals surface area contributed by atoms with Crippen LogP contribution in [0.3, 0.4) is 0 Å². The summed E-state index contributed by atoms with van der Waals surface area (Å²) < 4.78 is 21.0. The van der Waals surface area contributed by atoms with E-state index in [1.807, 2.05) is 18.4 Å². The first-order valence-electron chi connectivity index (χ1n) is 9.80. The molecular formula is C20H30FN7O2. The standard InChI is InChI=1S/C20H30FN7O2/c1-6-18-26-24-13-28(18)10-9-22-20(23-12-19(29)27(3)4)25-14(2)15-7-8-17(30-5)16(21)11-15/h7-8,11,13-14H,6,9-10,12H2,1-5H3,(H2,22,23,25). The fourth-order valence-corrected chi connectivity index (χ4v) is 2.72. The SMILES string of the molecule is CCc1nncn1CCNC(=NCC(=O)N(C)C)NC(C)c1ccc(OC)c(F)c1. The maximum Gasteiger partial charge on any atom is 0.243 e. The molecule has 9 nitrogen and oxygen atoms in total. The number of methoxy groups -OCH3 is 1. The molecule has 10 heteroatoms. The van der Waals surface area contributed by atoms with Crippen molar-refractivity contribution < 1.29 is 13.9 Å². The van der Waals surface area contributed by atoms with E-state index >= 15 is 0 Å². The van der Waals surface area contributed by atoms with Gasteiger partial charge in [0.15, 0.2) is 17.5 Å². The van der Waals surface area contributed by atoms with Gasteiger partial charge in [-0.25, -0.2) is 9.38 Å². The van der Waals surface area contributed by atoms with Crippen molar-refractivity contribution in [3.05, 3.63) is 41.7 Å². The molecule has 1 atom stereocenters. The van der Waals surface area contributed by atoms with E-state index in [1.54, 1.807) is 32.6 Å². The maximum absolute atomic E-state index is 14.1. The Bertz CT molecular complexity index is 867. The van der Waals surface area contributed by atoms with Crippen LogP contribution in [0.2, 0.25) is 0 Å². The molecule has 0 bridgehead atoms. The molecule has 1 aromatic carbocycles. The third-order valence-corrected chi connectivity index (χ3v) is 4.56. The smallest absolute Gasteiger partial charge is 0.243 e. The summed E-state index contributed by atoms with van der Waals surface area (Å²) >= 11 is 0. The molecule has 0 saturated carbocycles. The third kappa shape index (κ3) is 6.43. The number of aromatic nitrogens is 3. The number of rotatable bonds is 9. The molecule has 0 spiro atoms. The third-order valence-electron chi connectivity index (χ3n) is 4.56. The number of guanidine groups is 1. The van der Waals surface area contributed by atoms with E-state index in [4.69, 9.17) is 4.74 Å². The van der Waals surface area contributed by atoms with Gasteiger partial charge in [-0.15, -0.1) is 10.2 Å². The molecule has 2 rings (SSSR count). The van der Waals surface area contributed by atoms with Gasteiger partial charge in [0.1, 0.15) is 18.7 Å². The van der Waals surface area contributed by atoms with Crippen LogP contribution in [-0.2, 0) is 17.8 Å². The average molecular weight is 420 g/mol. The van der Waals surface area contributed by atoms with Crippen LogP contribution in [0.15, 0.2) is 29.5 Å². The van der Waals surface area contributed by atoms with Gasteiger partial charge in [-0.3, -0.25) is 4.79 Å². The lowest BCUT2D eigenvalue weighted by Crippen LogP contribution is -2.41. The summed E-state index contributed by atoms with van der Waals surface area (Å²) in [6, 6.07) is 4.55. The summed E-state index contributed by atoms with van der Waals surface area (Å²) in [5.74, 6) is 0.993. The van der Waals surface area contributed by atoms with Crippen LogP contribution in [0.5, 0.6) is 5.75 Å². The molecule has 0 aliphatic rings. The van der Waals surface area contributed by atoms with Crippen LogP contribution in [0.25, 0.3) is 0 Å². The van der Waals surface area contributed by atoms with Crippen LogP contribution >= 0.6 is 0 Å². The summed E-state index contributed by atoms with van der Waals surface area (Å²) in [6.07, 6.45) is 2.47. The number of aliphatic imine (C=N–C) groups is 1. The summed E-state index contributed by atoms with van der Waals surface area (Å²) in [7, 11) is 4.79.